The Morgan fingerprint density at radius 2 is 1.64 bits per heavy atom. The highest BCUT2D eigenvalue weighted by molar-refractivity contribution is 9.10. The lowest BCUT2D eigenvalue weighted by atomic mass is 10.2. The second-order valence-electron chi connectivity index (χ2n) is 7.35. The van der Waals surface area contributed by atoms with Crippen molar-refractivity contribution < 1.29 is 9.59 Å². The first-order valence-electron chi connectivity index (χ1n) is 10.1. The number of pyridine rings is 2. The molecule has 0 N–H and O–H groups in total. The van der Waals surface area contributed by atoms with Gasteiger partial charge in [-0.05, 0) is 46.6 Å². The van der Waals surface area contributed by atoms with E-state index in [0.29, 0.717) is 40.3 Å². The van der Waals surface area contributed by atoms with Crippen LogP contribution in [0.5, 0.6) is 0 Å². The molecule has 33 heavy (non-hydrogen) atoms. The highest BCUT2D eigenvalue weighted by Gasteiger charge is 2.37. The Labute approximate surface area is 202 Å². The lowest BCUT2D eigenvalue weighted by Crippen LogP contribution is -2.31. The number of fused-ring (bicyclic) bond motifs is 2. The third-order valence-corrected chi connectivity index (χ3v) is 5.99. The Balaban J connectivity index is 1.58. The van der Waals surface area contributed by atoms with Crippen LogP contribution in [0.4, 0.5) is 11.6 Å². The molecule has 0 radical (unpaired) electrons. The van der Waals surface area contributed by atoms with Crippen molar-refractivity contribution in [2.75, 3.05) is 16.3 Å². The summed E-state index contributed by atoms with van der Waals surface area (Å²) in [6.07, 6.45) is 1.63. The molecule has 0 unspecified atom stereocenters. The lowest BCUT2D eigenvalue weighted by Gasteiger charge is -2.15. The van der Waals surface area contributed by atoms with Gasteiger partial charge in [0.25, 0.3) is 11.8 Å². The first-order valence-corrected chi connectivity index (χ1v) is 11.3. The molecule has 0 fully saturated rings. The van der Waals surface area contributed by atoms with E-state index in [2.05, 4.69) is 36.1 Å². The zero-order chi connectivity index (χ0) is 23.1. The summed E-state index contributed by atoms with van der Waals surface area (Å²) < 4.78 is 0.703. The molecule has 4 heterocycles. The van der Waals surface area contributed by atoms with Gasteiger partial charge in [0.2, 0.25) is 0 Å². The van der Waals surface area contributed by atoms with Crippen LogP contribution in [0.15, 0.2) is 69.4 Å². The van der Waals surface area contributed by atoms with E-state index in [-0.39, 0.29) is 28.4 Å². The van der Waals surface area contributed by atoms with E-state index >= 15 is 0 Å². The topological polar surface area (TPSA) is 91.1 Å². The van der Waals surface area contributed by atoms with Gasteiger partial charge in [-0.1, -0.05) is 41.9 Å². The van der Waals surface area contributed by atoms with E-state index in [0.717, 1.165) is 5.56 Å². The van der Waals surface area contributed by atoms with Crippen molar-refractivity contribution in [2.24, 2.45) is 10.2 Å². The first-order chi connectivity index (χ1) is 16.0. The summed E-state index contributed by atoms with van der Waals surface area (Å²) in [5.41, 5.74) is 2.25. The maximum atomic E-state index is 13.3. The number of nitrogens with zero attached hydrogens (tertiary/aromatic N) is 6. The Hall–Kier alpha value is -3.43. The molecule has 3 aromatic rings. The number of carbonyl (C=O) groups excluding carboxylic acids is 2. The standard InChI is InChI=1S/C23H16BrClN6O2/c1-2-30-21-15(8-9-17(25)27-21)18(22(30)32)28-29-19-16-10-14(24)11-26-20(16)31(23(19)33)12-13-6-4-3-5-7-13/h3-11H,2,12H2,1H3/b28-18-,29-19-. The van der Waals surface area contributed by atoms with Crippen molar-refractivity contribution >= 4 is 62.4 Å². The predicted octanol–water partition coefficient (Wildman–Crippen LogP) is 4.00. The maximum absolute atomic E-state index is 13.3. The molecule has 2 aromatic heterocycles. The second-order valence-corrected chi connectivity index (χ2v) is 8.66. The Kier molecular flexibility index (Phi) is 5.51. The quantitative estimate of drug-likeness (QED) is 0.382. The lowest BCUT2D eigenvalue weighted by molar-refractivity contribution is -0.113. The molecule has 0 aliphatic carbocycles. The summed E-state index contributed by atoms with van der Waals surface area (Å²) >= 11 is 9.42. The molecule has 0 atom stereocenters. The molecule has 0 bridgehead atoms. The van der Waals surface area contributed by atoms with Gasteiger partial charge >= 0.3 is 0 Å². The Morgan fingerprint density at radius 1 is 0.939 bits per heavy atom. The van der Waals surface area contributed by atoms with Crippen LogP contribution in [0.2, 0.25) is 5.15 Å². The summed E-state index contributed by atoms with van der Waals surface area (Å²) in [7, 11) is 0. The van der Waals surface area contributed by atoms with E-state index in [1.165, 1.54) is 4.90 Å². The number of rotatable bonds is 4. The number of aromatic nitrogens is 2. The number of carbonyl (C=O) groups is 2. The highest BCUT2D eigenvalue weighted by atomic mass is 79.9. The largest absolute Gasteiger partial charge is 0.291 e. The monoisotopic (exact) mass is 522 g/mol. The molecule has 164 valence electrons. The average molecular weight is 524 g/mol. The normalized spacial score (nSPS) is 17.3. The van der Waals surface area contributed by atoms with Crippen molar-refractivity contribution in [3.8, 4) is 0 Å². The summed E-state index contributed by atoms with van der Waals surface area (Å²) in [5.74, 6) is 0.247. The van der Waals surface area contributed by atoms with Crippen molar-refractivity contribution in [3.05, 3.63) is 81.0 Å². The number of hydrogen-bond acceptors (Lipinski definition) is 6. The number of amides is 2. The van der Waals surface area contributed by atoms with E-state index in [9.17, 15) is 9.59 Å². The van der Waals surface area contributed by atoms with Gasteiger partial charge in [-0.25, -0.2) is 9.97 Å². The number of halogens is 2. The Bertz CT molecular complexity index is 1360. The van der Waals surface area contributed by atoms with Crippen LogP contribution in [0.25, 0.3) is 0 Å². The molecule has 2 amide bonds. The third kappa shape index (κ3) is 3.73. The number of hydrogen-bond donors (Lipinski definition) is 0. The molecule has 2 aliphatic heterocycles. The SMILES string of the molecule is CCN1C(=O)/C(=N\N=C2/C(=O)N(Cc3ccccc3)c3ncc(Br)cc32)c2ccc(Cl)nc21. The number of likely N-dealkylation sites (N-methyl/N-ethyl adjacent to an activating group) is 1. The molecule has 0 saturated carbocycles. The summed E-state index contributed by atoms with van der Waals surface area (Å²) in [4.78, 5) is 38.0. The van der Waals surface area contributed by atoms with Crippen LogP contribution in [0, 0.1) is 0 Å². The molecular formula is C23H16BrClN6O2. The molecule has 10 heteroatoms. The zero-order valence-corrected chi connectivity index (χ0v) is 19.7. The van der Waals surface area contributed by atoms with Crippen molar-refractivity contribution in [1.82, 2.24) is 9.97 Å². The van der Waals surface area contributed by atoms with Crippen LogP contribution in [0.1, 0.15) is 23.6 Å². The van der Waals surface area contributed by atoms with Crippen LogP contribution < -0.4 is 9.80 Å². The van der Waals surface area contributed by atoms with Crippen molar-refractivity contribution in [3.63, 3.8) is 0 Å². The van der Waals surface area contributed by atoms with Gasteiger partial charge in [-0.2, -0.15) is 0 Å². The predicted molar refractivity (Wildman–Crippen MR) is 130 cm³/mol. The molecule has 8 nitrogen and oxygen atoms in total. The number of benzene rings is 1. The second kappa shape index (κ2) is 8.49. The van der Waals surface area contributed by atoms with Gasteiger partial charge in [-0.3, -0.25) is 19.4 Å². The molecule has 5 rings (SSSR count). The van der Waals surface area contributed by atoms with Gasteiger partial charge in [0.1, 0.15) is 16.8 Å². The van der Waals surface area contributed by atoms with E-state index in [1.54, 1.807) is 29.3 Å². The summed E-state index contributed by atoms with van der Waals surface area (Å²) in [6, 6.07) is 14.7. The maximum Gasteiger partial charge on any atom is 0.281 e. The van der Waals surface area contributed by atoms with Crippen LogP contribution in [-0.4, -0.2) is 39.8 Å². The van der Waals surface area contributed by atoms with Crippen LogP contribution in [0.3, 0.4) is 0 Å². The van der Waals surface area contributed by atoms with Gasteiger partial charge in [0.05, 0.1) is 17.7 Å². The van der Waals surface area contributed by atoms with Gasteiger partial charge < -0.3 is 0 Å². The fraction of sp³-hybridized carbons (Fsp3) is 0.130. The van der Waals surface area contributed by atoms with Crippen LogP contribution in [-0.2, 0) is 16.1 Å². The highest BCUT2D eigenvalue weighted by Crippen LogP contribution is 2.32. The van der Waals surface area contributed by atoms with E-state index < -0.39 is 0 Å². The Morgan fingerprint density at radius 3 is 2.36 bits per heavy atom. The van der Waals surface area contributed by atoms with E-state index in [1.807, 2.05) is 37.3 Å². The fourth-order valence-electron chi connectivity index (χ4n) is 3.82. The molecular weight excluding hydrogens is 508 g/mol. The van der Waals surface area contributed by atoms with Crippen molar-refractivity contribution in [2.45, 2.75) is 13.5 Å². The molecule has 0 spiro atoms. The van der Waals surface area contributed by atoms with Gasteiger partial charge in [-0.15, -0.1) is 10.2 Å². The molecule has 1 aromatic carbocycles. The van der Waals surface area contributed by atoms with Crippen LogP contribution >= 0.6 is 27.5 Å². The first kappa shape index (κ1) is 21.4. The fourth-order valence-corrected chi connectivity index (χ4v) is 4.29. The average Bonchev–Trinajstić information content (AvgIpc) is 3.22. The zero-order valence-electron chi connectivity index (χ0n) is 17.4. The van der Waals surface area contributed by atoms with Gasteiger partial charge in [0, 0.05) is 17.2 Å². The summed E-state index contributed by atoms with van der Waals surface area (Å²) in [6.45, 7) is 2.57. The number of anilines is 2. The minimum absolute atomic E-state index is 0.113. The summed E-state index contributed by atoms with van der Waals surface area (Å²) in [5, 5.41) is 8.74. The third-order valence-electron chi connectivity index (χ3n) is 5.34. The van der Waals surface area contributed by atoms with Gasteiger partial charge in [0.15, 0.2) is 11.4 Å². The van der Waals surface area contributed by atoms with E-state index in [4.69, 9.17) is 11.6 Å². The smallest absolute Gasteiger partial charge is 0.281 e. The molecule has 0 saturated heterocycles. The minimum Gasteiger partial charge on any atom is -0.291 e. The minimum atomic E-state index is -0.342. The van der Waals surface area contributed by atoms with Crippen molar-refractivity contribution in [1.29, 1.82) is 0 Å². The molecule has 2 aliphatic rings.